The van der Waals surface area contributed by atoms with Crippen LogP contribution in [0, 0.1) is 5.41 Å². The van der Waals surface area contributed by atoms with Gasteiger partial charge in [0.1, 0.15) is 16.8 Å². The number of hydrogen-bond donors (Lipinski definition) is 2. The molecule has 0 fully saturated rings. The second kappa shape index (κ2) is 9.61. The number of rotatable bonds is 8. The maximum absolute atomic E-state index is 13.3. The Balaban J connectivity index is 1.61. The standard InChI is InChI=1S/C26H27N5O4/c1-2-3-4-6-11-28-25(32)18-14-19-24(29-22-8-5-7-12-30(22)26(19)33)31(23(18)27)15-17-9-10-20-21(13-17)35-16-34-20/h5,7-10,12-14,27H,2-4,6,11,15-16H2,1H3,(H,28,32). The van der Waals surface area contributed by atoms with E-state index in [4.69, 9.17) is 14.9 Å². The van der Waals surface area contributed by atoms with E-state index in [0.717, 1.165) is 31.2 Å². The zero-order valence-electron chi connectivity index (χ0n) is 19.5. The largest absolute Gasteiger partial charge is 0.454 e. The predicted octanol–water partition coefficient (Wildman–Crippen LogP) is 3.22. The van der Waals surface area contributed by atoms with Crippen molar-refractivity contribution in [1.82, 2.24) is 19.3 Å². The van der Waals surface area contributed by atoms with Crippen molar-refractivity contribution in [2.24, 2.45) is 0 Å². The van der Waals surface area contributed by atoms with Crippen LogP contribution in [0.25, 0.3) is 16.7 Å². The minimum absolute atomic E-state index is 0.00611. The lowest BCUT2D eigenvalue weighted by atomic mass is 10.1. The summed E-state index contributed by atoms with van der Waals surface area (Å²) >= 11 is 0. The molecule has 5 rings (SSSR count). The Labute approximate surface area is 201 Å². The van der Waals surface area contributed by atoms with E-state index in [2.05, 4.69) is 17.2 Å². The Morgan fingerprint density at radius 3 is 2.83 bits per heavy atom. The fraction of sp³-hybridized carbons (Fsp3) is 0.308. The predicted molar refractivity (Wildman–Crippen MR) is 131 cm³/mol. The molecule has 0 unspecified atom stereocenters. The van der Waals surface area contributed by atoms with Gasteiger partial charge in [-0.05, 0) is 42.3 Å². The van der Waals surface area contributed by atoms with Crippen LogP contribution in [0.2, 0.25) is 0 Å². The molecule has 0 aliphatic carbocycles. The third-order valence-corrected chi connectivity index (χ3v) is 6.16. The van der Waals surface area contributed by atoms with Gasteiger partial charge in [0, 0.05) is 12.7 Å². The van der Waals surface area contributed by atoms with Crippen molar-refractivity contribution in [3.8, 4) is 11.5 Å². The van der Waals surface area contributed by atoms with Gasteiger partial charge >= 0.3 is 0 Å². The van der Waals surface area contributed by atoms with Crippen LogP contribution in [0.1, 0.15) is 48.5 Å². The van der Waals surface area contributed by atoms with Crippen LogP contribution in [0.5, 0.6) is 11.5 Å². The average molecular weight is 474 g/mol. The van der Waals surface area contributed by atoms with Crippen molar-refractivity contribution in [2.45, 2.75) is 39.2 Å². The number of amides is 1. The van der Waals surface area contributed by atoms with Gasteiger partial charge in [0.15, 0.2) is 11.5 Å². The lowest BCUT2D eigenvalue weighted by Crippen LogP contribution is -2.35. The quantitative estimate of drug-likeness (QED) is 0.302. The molecule has 0 atom stereocenters. The first-order valence-electron chi connectivity index (χ1n) is 11.8. The summed E-state index contributed by atoms with van der Waals surface area (Å²) in [6.45, 7) is 3.05. The molecule has 0 radical (unpaired) electrons. The minimum Gasteiger partial charge on any atom is -0.454 e. The molecule has 4 aromatic rings. The molecular formula is C26H27N5O4. The number of aromatic nitrogens is 3. The van der Waals surface area contributed by atoms with Crippen molar-refractivity contribution in [1.29, 1.82) is 5.41 Å². The molecule has 35 heavy (non-hydrogen) atoms. The van der Waals surface area contributed by atoms with E-state index in [9.17, 15) is 9.59 Å². The van der Waals surface area contributed by atoms with Crippen molar-refractivity contribution in [2.75, 3.05) is 13.3 Å². The minimum atomic E-state index is -0.370. The second-order valence-corrected chi connectivity index (χ2v) is 8.58. The summed E-state index contributed by atoms with van der Waals surface area (Å²) in [6.07, 6.45) is 5.77. The van der Waals surface area contributed by atoms with Crippen LogP contribution in [0.3, 0.4) is 0 Å². The highest BCUT2D eigenvalue weighted by atomic mass is 16.7. The van der Waals surface area contributed by atoms with Crippen LogP contribution in [0.4, 0.5) is 0 Å². The first kappa shape index (κ1) is 22.6. The Hall–Kier alpha value is -4.14. The van der Waals surface area contributed by atoms with Crippen LogP contribution in [-0.4, -0.2) is 33.2 Å². The summed E-state index contributed by atoms with van der Waals surface area (Å²) < 4.78 is 13.9. The summed E-state index contributed by atoms with van der Waals surface area (Å²) in [5.74, 6) is 0.914. The molecule has 1 aliphatic heterocycles. The van der Waals surface area contributed by atoms with Gasteiger partial charge in [-0.25, -0.2) is 4.98 Å². The number of ether oxygens (including phenoxy) is 2. The number of nitrogens with one attached hydrogen (secondary N) is 2. The Morgan fingerprint density at radius 2 is 1.97 bits per heavy atom. The molecule has 1 amide bonds. The number of nitrogens with zero attached hydrogens (tertiary/aromatic N) is 3. The number of hydrogen-bond acceptors (Lipinski definition) is 6. The molecule has 0 saturated heterocycles. The molecule has 1 aromatic carbocycles. The molecule has 0 saturated carbocycles. The van der Waals surface area contributed by atoms with Crippen molar-refractivity contribution in [3.05, 3.63) is 75.6 Å². The second-order valence-electron chi connectivity index (χ2n) is 8.58. The van der Waals surface area contributed by atoms with E-state index < -0.39 is 0 Å². The van der Waals surface area contributed by atoms with Crippen molar-refractivity contribution in [3.63, 3.8) is 0 Å². The van der Waals surface area contributed by atoms with Crippen LogP contribution >= 0.6 is 0 Å². The molecule has 180 valence electrons. The van der Waals surface area contributed by atoms with Gasteiger partial charge in [-0.3, -0.25) is 19.4 Å². The Morgan fingerprint density at radius 1 is 1.11 bits per heavy atom. The zero-order valence-corrected chi connectivity index (χ0v) is 19.5. The smallest absolute Gasteiger partial charge is 0.267 e. The molecule has 9 heteroatoms. The van der Waals surface area contributed by atoms with Gasteiger partial charge in [-0.1, -0.05) is 38.3 Å². The first-order chi connectivity index (χ1) is 17.1. The number of fused-ring (bicyclic) bond motifs is 3. The van der Waals surface area contributed by atoms with Gasteiger partial charge in [-0.15, -0.1) is 0 Å². The molecule has 4 heterocycles. The van der Waals surface area contributed by atoms with E-state index in [0.29, 0.717) is 29.3 Å². The van der Waals surface area contributed by atoms with E-state index >= 15 is 0 Å². The number of carbonyl (C=O) groups excluding carboxylic acids is 1. The summed E-state index contributed by atoms with van der Waals surface area (Å²) in [4.78, 5) is 31.1. The Kier molecular flexibility index (Phi) is 6.22. The molecule has 1 aliphatic rings. The SMILES string of the molecule is CCCCCCNC(=O)c1cc2c(=O)n3ccccc3nc2n(Cc2ccc3c(c2)OCO3)c1=N. The summed E-state index contributed by atoms with van der Waals surface area (Å²) in [5.41, 5.74) is 1.50. The third kappa shape index (κ3) is 4.37. The summed E-state index contributed by atoms with van der Waals surface area (Å²) in [7, 11) is 0. The highest BCUT2D eigenvalue weighted by Gasteiger charge is 2.19. The maximum atomic E-state index is 13.3. The topological polar surface area (TPSA) is 111 Å². The normalized spacial score (nSPS) is 12.4. The molecule has 0 bridgehead atoms. The average Bonchev–Trinajstić information content (AvgIpc) is 3.34. The van der Waals surface area contributed by atoms with E-state index in [1.54, 1.807) is 29.0 Å². The van der Waals surface area contributed by atoms with Gasteiger partial charge in [-0.2, -0.15) is 0 Å². The number of unbranched alkanes of at least 4 members (excludes halogenated alkanes) is 3. The molecule has 0 spiro atoms. The van der Waals surface area contributed by atoms with E-state index in [-0.39, 0.29) is 41.2 Å². The van der Waals surface area contributed by atoms with E-state index in [1.807, 2.05) is 18.2 Å². The Bertz CT molecular complexity index is 1540. The summed E-state index contributed by atoms with van der Waals surface area (Å²) in [6, 6.07) is 12.3. The van der Waals surface area contributed by atoms with Crippen LogP contribution in [-0.2, 0) is 6.54 Å². The van der Waals surface area contributed by atoms with Gasteiger partial charge < -0.3 is 19.4 Å². The van der Waals surface area contributed by atoms with Gasteiger partial charge in [0.2, 0.25) is 6.79 Å². The number of carbonyl (C=O) groups is 1. The number of benzene rings is 1. The van der Waals surface area contributed by atoms with Crippen molar-refractivity contribution < 1.29 is 14.3 Å². The molecular weight excluding hydrogens is 446 g/mol. The first-order valence-corrected chi connectivity index (χ1v) is 11.8. The molecule has 2 N–H and O–H groups in total. The van der Waals surface area contributed by atoms with Gasteiger partial charge in [0.05, 0.1) is 17.5 Å². The van der Waals surface area contributed by atoms with Crippen LogP contribution < -0.4 is 25.8 Å². The lowest BCUT2D eigenvalue weighted by Gasteiger charge is -2.15. The summed E-state index contributed by atoms with van der Waals surface area (Å²) in [5, 5.41) is 12.1. The van der Waals surface area contributed by atoms with Gasteiger partial charge in [0.25, 0.3) is 11.5 Å². The lowest BCUT2D eigenvalue weighted by molar-refractivity contribution is 0.0950. The molecule has 3 aromatic heterocycles. The van der Waals surface area contributed by atoms with E-state index in [1.165, 1.54) is 10.5 Å². The van der Waals surface area contributed by atoms with Crippen molar-refractivity contribution >= 4 is 22.6 Å². The number of pyridine rings is 2. The molecule has 9 nitrogen and oxygen atoms in total. The maximum Gasteiger partial charge on any atom is 0.267 e. The fourth-order valence-corrected chi connectivity index (χ4v) is 4.28. The monoisotopic (exact) mass is 473 g/mol. The third-order valence-electron chi connectivity index (χ3n) is 6.16. The fourth-order valence-electron chi connectivity index (χ4n) is 4.28. The zero-order chi connectivity index (χ0) is 24.4. The van der Waals surface area contributed by atoms with Crippen LogP contribution in [0.15, 0.2) is 53.5 Å². The highest BCUT2D eigenvalue weighted by molar-refractivity contribution is 5.96. The highest BCUT2D eigenvalue weighted by Crippen LogP contribution is 2.32.